The van der Waals surface area contributed by atoms with Crippen LogP contribution in [0.3, 0.4) is 0 Å². The summed E-state index contributed by atoms with van der Waals surface area (Å²) in [6.07, 6.45) is 1.17. The second-order valence-corrected chi connectivity index (χ2v) is 5.93. The fourth-order valence-corrected chi connectivity index (χ4v) is 3.37. The Morgan fingerprint density at radius 1 is 1.14 bits per heavy atom. The van der Waals surface area contributed by atoms with Gasteiger partial charge in [0, 0.05) is 12.6 Å². The van der Waals surface area contributed by atoms with Crippen LogP contribution in [0.25, 0.3) is 11.1 Å². The lowest BCUT2D eigenvalue weighted by Gasteiger charge is -2.35. The third kappa shape index (κ3) is 3.14. The van der Waals surface area contributed by atoms with Gasteiger partial charge in [-0.25, -0.2) is 0 Å². The lowest BCUT2D eigenvalue weighted by molar-refractivity contribution is 0.195. The van der Waals surface area contributed by atoms with Gasteiger partial charge in [0.05, 0.1) is 0 Å². The second kappa shape index (κ2) is 6.64. The van der Waals surface area contributed by atoms with Crippen molar-refractivity contribution in [3.8, 4) is 11.1 Å². The van der Waals surface area contributed by atoms with E-state index in [0.717, 1.165) is 13.1 Å². The Balaban J connectivity index is 0.00000161. The van der Waals surface area contributed by atoms with Gasteiger partial charge in [0.2, 0.25) is 0 Å². The highest BCUT2D eigenvalue weighted by Gasteiger charge is 2.24. The second-order valence-electron chi connectivity index (χ2n) is 5.93. The fourth-order valence-electron chi connectivity index (χ4n) is 3.37. The third-order valence-electron chi connectivity index (χ3n) is 4.48. The minimum atomic E-state index is 0. The molecule has 2 heteroatoms. The van der Waals surface area contributed by atoms with Gasteiger partial charge in [-0.05, 0) is 49.1 Å². The molecule has 1 aliphatic heterocycles. The molecular formula is C19H24ClN. The van der Waals surface area contributed by atoms with Crippen molar-refractivity contribution >= 4 is 12.4 Å². The van der Waals surface area contributed by atoms with Crippen LogP contribution in [0.4, 0.5) is 0 Å². The first-order valence-electron chi connectivity index (χ1n) is 7.61. The summed E-state index contributed by atoms with van der Waals surface area (Å²) in [7, 11) is 0. The molecule has 2 aromatic rings. The molecular weight excluding hydrogens is 278 g/mol. The summed E-state index contributed by atoms with van der Waals surface area (Å²) in [5.41, 5.74) is 7.21. The standard InChI is InChI=1S/C19H23N.ClH/c1-4-20-13-19-17(12-15(20)3)10-14(2)11-18(19)16-8-6-5-7-9-16;/h5-11,15H,4,12-13H2,1-3H3;1H. The van der Waals surface area contributed by atoms with Crippen molar-refractivity contribution in [3.05, 3.63) is 59.2 Å². The van der Waals surface area contributed by atoms with Crippen molar-refractivity contribution in [2.24, 2.45) is 0 Å². The molecule has 0 saturated carbocycles. The first-order valence-corrected chi connectivity index (χ1v) is 7.61. The number of halogens is 1. The van der Waals surface area contributed by atoms with Gasteiger partial charge in [-0.2, -0.15) is 0 Å². The molecule has 0 bridgehead atoms. The number of hydrogen-bond donors (Lipinski definition) is 0. The molecule has 0 aromatic heterocycles. The molecule has 1 atom stereocenters. The van der Waals surface area contributed by atoms with E-state index in [1.807, 2.05) is 0 Å². The molecule has 0 saturated heterocycles. The molecule has 0 amide bonds. The summed E-state index contributed by atoms with van der Waals surface area (Å²) < 4.78 is 0. The molecule has 0 radical (unpaired) electrons. The molecule has 3 rings (SSSR count). The van der Waals surface area contributed by atoms with Crippen molar-refractivity contribution < 1.29 is 0 Å². The van der Waals surface area contributed by atoms with E-state index < -0.39 is 0 Å². The minimum absolute atomic E-state index is 0. The maximum Gasteiger partial charge on any atom is 0.0245 e. The van der Waals surface area contributed by atoms with E-state index in [1.165, 1.54) is 28.7 Å². The van der Waals surface area contributed by atoms with Crippen LogP contribution in [0.1, 0.15) is 30.5 Å². The van der Waals surface area contributed by atoms with Gasteiger partial charge < -0.3 is 0 Å². The summed E-state index contributed by atoms with van der Waals surface area (Å²) in [6, 6.07) is 16.2. The first kappa shape index (κ1) is 16.1. The van der Waals surface area contributed by atoms with E-state index >= 15 is 0 Å². The zero-order chi connectivity index (χ0) is 14.1. The van der Waals surface area contributed by atoms with Gasteiger partial charge in [0.15, 0.2) is 0 Å². The Labute approximate surface area is 134 Å². The van der Waals surface area contributed by atoms with Gasteiger partial charge in [0.25, 0.3) is 0 Å². The highest BCUT2D eigenvalue weighted by atomic mass is 35.5. The molecule has 2 aromatic carbocycles. The number of hydrogen-bond acceptors (Lipinski definition) is 1. The van der Waals surface area contributed by atoms with Gasteiger partial charge in [-0.1, -0.05) is 55.0 Å². The van der Waals surface area contributed by atoms with Crippen LogP contribution in [-0.4, -0.2) is 17.5 Å². The summed E-state index contributed by atoms with van der Waals surface area (Å²) in [5.74, 6) is 0. The Bertz CT molecular complexity index is 606. The summed E-state index contributed by atoms with van der Waals surface area (Å²) >= 11 is 0. The molecule has 1 nitrogen and oxygen atoms in total. The zero-order valence-electron chi connectivity index (χ0n) is 13.1. The van der Waals surface area contributed by atoms with E-state index in [0.29, 0.717) is 6.04 Å². The van der Waals surface area contributed by atoms with Crippen molar-refractivity contribution in [1.29, 1.82) is 0 Å². The van der Waals surface area contributed by atoms with E-state index in [9.17, 15) is 0 Å². The van der Waals surface area contributed by atoms with Crippen LogP contribution in [0.2, 0.25) is 0 Å². The highest BCUT2D eigenvalue weighted by molar-refractivity contribution is 5.85. The van der Waals surface area contributed by atoms with E-state index in [-0.39, 0.29) is 12.4 Å². The van der Waals surface area contributed by atoms with Crippen molar-refractivity contribution in [2.75, 3.05) is 6.54 Å². The minimum Gasteiger partial charge on any atom is -0.296 e. The quantitative estimate of drug-likeness (QED) is 0.766. The average molecular weight is 302 g/mol. The van der Waals surface area contributed by atoms with Crippen LogP contribution in [-0.2, 0) is 13.0 Å². The maximum absolute atomic E-state index is 2.57. The van der Waals surface area contributed by atoms with Crippen LogP contribution in [0.5, 0.6) is 0 Å². The summed E-state index contributed by atoms with van der Waals surface area (Å²) in [4.78, 5) is 2.57. The lowest BCUT2D eigenvalue weighted by Crippen LogP contribution is -2.38. The number of benzene rings is 2. The van der Waals surface area contributed by atoms with Gasteiger partial charge in [-0.15, -0.1) is 12.4 Å². The Morgan fingerprint density at radius 2 is 1.86 bits per heavy atom. The zero-order valence-corrected chi connectivity index (χ0v) is 13.9. The molecule has 1 heterocycles. The third-order valence-corrected chi connectivity index (χ3v) is 4.48. The van der Waals surface area contributed by atoms with E-state index in [1.54, 1.807) is 5.56 Å². The topological polar surface area (TPSA) is 3.24 Å². The molecule has 0 fully saturated rings. The van der Waals surface area contributed by atoms with Crippen LogP contribution < -0.4 is 0 Å². The van der Waals surface area contributed by atoms with Crippen LogP contribution >= 0.6 is 12.4 Å². The SMILES string of the molecule is CCN1Cc2c(cc(C)cc2-c2ccccc2)CC1C.Cl. The Hall–Kier alpha value is -1.31. The number of likely N-dealkylation sites (N-methyl/N-ethyl adjacent to an activating group) is 1. The molecule has 0 N–H and O–H groups in total. The highest BCUT2D eigenvalue weighted by Crippen LogP contribution is 2.33. The Kier molecular flexibility index (Phi) is 5.08. The average Bonchev–Trinajstić information content (AvgIpc) is 2.46. The van der Waals surface area contributed by atoms with Gasteiger partial charge in [-0.3, -0.25) is 4.90 Å². The lowest BCUT2D eigenvalue weighted by atomic mass is 9.87. The largest absolute Gasteiger partial charge is 0.296 e. The van der Waals surface area contributed by atoms with Crippen LogP contribution in [0, 0.1) is 6.92 Å². The summed E-state index contributed by atoms with van der Waals surface area (Å²) in [5, 5.41) is 0. The molecule has 21 heavy (non-hydrogen) atoms. The predicted molar refractivity (Wildman–Crippen MR) is 93.1 cm³/mol. The van der Waals surface area contributed by atoms with Crippen LogP contribution in [0.15, 0.2) is 42.5 Å². The van der Waals surface area contributed by atoms with Crippen molar-refractivity contribution in [3.63, 3.8) is 0 Å². The Morgan fingerprint density at radius 3 is 2.52 bits per heavy atom. The predicted octanol–water partition coefficient (Wildman–Crippen LogP) is 4.85. The van der Waals surface area contributed by atoms with Gasteiger partial charge >= 0.3 is 0 Å². The first-order chi connectivity index (χ1) is 9.69. The molecule has 0 spiro atoms. The summed E-state index contributed by atoms with van der Waals surface area (Å²) in [6.45, 7) is 9.03. The molecule has 0 aliphatic carbocycles. The number of rotatable bonds is 2. The van der Waals surface area contributed by atoms with E-state index in [2.05, 4.69) is 68.1 Å². The number of nitrogens with zero attached hydrogens (tertiary/aromatic N) is 1. The monoisotopic (exact) mass is 301 g/mol. The van der Waals surface area contributed by atoms with Crippen molar-refractivity contribution in [1.82, 2.24) is 4.90 Å². The van der Waals surface area contributed by atoms with Crippen molar-refractivity contribution in [2.45, 2.75) is 39.8 Å². The smallest absolute Gasteiger partial charge is 0.0245 e. The number of fused-ring (bicyclic) bond motifs is 1. The fraction of sp³-hybridized carbons (Fsp3) is 0.368. The maximum atomic E-state index is 2.57. The van der Waals surface area contributed by atoms with Gasteiger partial charge in [0.1, 0.15) is 0 Å². The molecule has 1 unspecified atom stereocenters. The molecule has 112 valence electrons. The van der Waals surface area contributed by atoms with E-state index in [4.69, 9.17) is 0 Å². The normalized spacial score (nSPS) is 18.0. The molecule has 1 aliphatic rings. The number of aryl methyl sites for hydroxylation is 1.